The minimum atomic E-state index is -0.651. The molecule has 0 aliphatic rings. The van der Waals surface area contributed by atoms with Crippen LogP contribution in [0.2, 0.25) is 0 Å². The van der Waals surface area contributed by atoms with E-state index in [1.165, 1.54) is 4.88 Å². The summed E-state index contributed by atoms with van der Waals surface area (Å²) in [6, 6.07) is 14.4. The van der Waals surface area contributed by atoms with Gasteiger partial charge >= 0.3 is 0 Å². The number of benzene rings is 1. The summed E-state index contributed by atoms with van der Waals surface area (Å²) in [5.41, 5.74) is 6.34. The highest BCUT2D eigenvalue weighted by Gasteiger charge is 2.12. The van der Waals surface area contributed by atoms with Crippen LogP contribution in [0.5, 0.6) is 0 Å². The topological polar surface area (TPSA) is 25.2 Å². The molecule has 0 saturated heterocycles. The number of thiophene rings is 1. The largest absolute Gasteiger partial charge is 0.382 e. The lowest BCUT2D eigenvalue weighted by molar-refractivity contribution is 0.219. The number of para-hydroxylation sites is 1. The monoisotopic (exact) mass is 309 g/mol. The molecule has 3 aromatic rings. The van der Waals surface area contributed by atoms with Crippen molar-refractivity contribution in [3.8, 4) is 0 Å². The smallest absolute Gasteiger partial charge is 0.119 e. The van der Waals surface area contributed by atoms with Crippen LogP contribution in [0.15, 0.2) is 59.7 Å². The number of aliphatic hydroxyl groups is 1. The molecule has 1 atom stereocenters. The summed E-state index contributed by atoms with van der Waals surface area (Å²) in [4.78, 5) is 1.18. The number of aryl methyl sites for hydroxylation is 1. The highest BCUT2D eigenvalue weighted by atomic mass is 32.1. The Hall–Kier alpha value is -2.06. The number of aliphatic hydroxyl groups excluding tert-OH is 1. The fourth-order valence-electron chi connectivity index (χ4n) is 2.68. The second-order valence-electron chi connectivity index (χ2n) is 5.23. The highest BCUT2D eigenvalue weighted by Crippen LogP contribution is 2.25. The summed E-state index contributed by atoms with van der Waals surface area (Å²) in [7, 11) is 0. The molecule has 2 aromatic heterocycles. The third-order valence-electron chi connectivity index (χ3n) is 3.81. The summed E-state index contributed by atoms with van der Waals surface area (Å²) >= 11 is 1.68. The molecule has 1 unspecified atom stereocenters. The van der Waals surface area contributed by atoms with Crippen LogP contribution in [-0.4, -0.2) is 9.67 Å². The van der Waals surface area contributed by atoms with E-state index in [1.54, 1.807) is 17.4 Å². The van der Waals surface area contributed by atoms with Gasteiger partial charge in [-0.1, -0.05) is 24.3 Å². The predicted molar refractivity (Wildman–Crippen MR) is 94.1 cm³/mol. The zero-order valence-corrected chi connectivity index (χ0v) is 13.6. The van der Waals surface area contributed by atoms with Crippen LogP contribution < -0.4 is 0 Å². The molecule has 3 rings (SSSR count). The second-order valence-corrected chi connectivity index (χ2v) is 6.18. The van der Waals surface area contributed by atoms with Gasteiger partial charge in [0.15, 0.2) is 0 Å². The SMILES string of the molecule is CCn1c(C(O)C=C=C(C)c2cccs2)cc2ccccc21. The Labute approximate surface area is 134 Å². The lowest BCUT2D eigenvalue weighted by Crippen LogP contribution is -2.04. The average Bonchev–Trinajstić information content (AvgIpc) is 3.19. The Balaban J connectivity index is 1.99. The molecule has 0 amide bonds. The molecule has 1 N–H and O–H groups in total. The number of rotatable bonds is 4. The Morgan fingerprint density at radius 3 is 2.86 bits per heavy atom. The quantitative estimate of drug-likeness (QED) is 0.673. The van der Waals surface area contributed by atoms with Crippen LogP contribution in [0.25, 0.3) is 16.5 Å². The number of aromatic nitrogens is 1. The Morgan fingerprint density at radius 2 is 2.14 bits per heavy atom. The van der Waals surface area contributed by atoms with Crippen LogP contribution in [0.1, 0.15) is 30.5 Å². The van der Waals surface area contributed by atoms with Crippen molar-refractivity contribution in [1.82, 2.24) is 4.57 Å². The van der Waals surface area contributed by atoms with Gasteiger partial charge in [0, 0.05) is 22.5 Å². The first-order valence-electron chi connectivity index (χ1n) is 7.44. The molecule has 0 radical (unpaired) electrons. The molecular formula is C19H19NOS. The van der Waals surface area contributed by atoms with Gasteiger partial charge in [-0.05, 0) is 48.9 Å². The lowest BCUT2D eigenvalue weighted by Gasteiger charge is -2.10. The maximum Gasteiger partial charge on any atom is 0.119 e. The molecule has 0 aliphatic heterocycles. The summed E-state index contributed by atoms with van der Waals surface area (Å²) in [5.74, 6) is 0. The fourth-order valence-corrected chi connectivity index (χ4v) is 3.38. The summed E-state index contributed by atoms with van der Waals surface area (Å²) in [6.45, 7) is 4.95. The van der Waals surface area contributed by atoms with Crippen molar-refractivity contribution in [2.24, 2.45) is 0 Å². The minimum absolute atomic E-state index is 0.651. The van der Waals surface area contributed by atoms with Crippen LogP contribution in [0.3, 0.4) is 0 Å². The third kappa shape index (κ3) is 2.79. The summed E-state index contributed by atoms with van der Waals surface area (Å²) in [6.07, 6.45) is 1.09. The van der Waals surface area contributed by atoms with Gasteiger partial charge in [0.25, 0.3) is 0 Å². The first-order chi connectivity index (χ1) is 10.7. The molecule has 0 fully saturated rings. The van der Waals surface area contributed by atoms with E-state index in [9.17, 15) is 5.11 Å². The van der Waals surface area contributed by atoms with Crippen molar-refractivity contribution in [2.45, 2.75) is 26.5 Å². The van der Waals surface area contributed by atoms with E-state index < -0.39 is 6.10 Å². The maximum atomic E-state index is 10.5. The van der Waals surface area contributed by atoms with Crippen LogP contribution in [-0.2, 0) is 6.54 Å². The third-order valence-corrected chi connectivity index (χ3v) is 4.80. The number of fused-ring (bicyclic) bond motifs is 1. The second kappa shape index (κ2) is 6.37. The van der Waals surface area contributed by atoms with Gasteiger partial charge in [-0.2, -0.15) is 0 Å². The van der Waals surface area contributed by atoms with Crippen molar-refractivity contribution in [2.75, 3.05) is 0 Å². The van der Waals surface area contributed by atoms with Gasteiger partial charge in [0.1, 0.15) is 6.10 Å². The van der Waals surface area contributed by atoms with Crippen LogP contribution >= 0.6 is 11.3 Å². The van der Waals surface area contributed by atoms with Gasteiger partial charge in [-0.25, -0.2) is 0 Å². The first kappa shape index (κ1) is 14.9. The summed E-state index contributed by atoms with van der Waals surface area (Å²) in [5, 5.41) is 13.7. The van der Waals surface area contributed by atoms with Gasteiger partial charge in [0.05, 0.1) is 5.69 Å². The van der Waals surface area contributed by atoms with Gasteiger partial charge in [-0.3, -0.25) is 0 Å². The molecule has 112 valence electrons. The van der Waals surface area contributed by atoms with Crippen molar-refractivity contribution in [1.29, 1.82) is 0 Å². The zero-order chi connectivity index (χ0) is 15.5. The van der Waals surface area contributed by atoms with E-state index in [0.29, 0.717) is 0 Å². The molecule has 2 nitrogen and oxygen atoms in total. The average molecular weight is 309 g/mol. The van der Waals surface area contributed by atoms with Crippen LogP contribution in [0.4, 0.5) is 0 Å². The fraction of sp³-hybridized carbons (Fsp3) is 0.211. The molecule has 0 spiro atoms. The maximum absolute atomic E-state index is 10.5. The molecule has 1 aromatic carbocycles. The Morgan fingerprint density at radius 1 is 1.32 bits per heavy atom. The van der Waals surface area contributed by atoms with E-state index in [0.717, 1.165) is 28.7 Å². The lowest BCUT2D eigenvalue weighted by atomic mass is 10.2. The minimum Gasteiger partial charge on any atom is -0.382 e. The predicted octanol–water partition coefficient (Wildman–Crippen LogP) is 5.01. The zero-order valence-electron chi connectivity index (χ0n) is 12.8. The summed E-state index contributed by atoms with van der Waals surface area (Å²) < 4.78 is 2.15. The van der Waals surface area contributed by atoms with E-state index in [1.807, 2.05) is 30.5 Å². The molecule has 0 saturated carbocycles. The first-order valence-corrected chi connectivity index (χ1v) is 8.32. The van der Waals surface area contributed by atoms with Crippen molar-refractivity contribution < 1.29 is 5.11 Å². The normalized spacial score (nSPS) is 12.1. The molecule has 0 bridgehead atoms. The molecule has 22 heavy (non-hydrogen) atoms. The molecule has 3 heteroatoms. The van der Waals surface area contributed by atoms with Crippen LogP contribution in [0, 0.1) is 0 Å². The van der Waals surface area contributed by atoms with E-state index in [2.05, 4.69) is 41.5 Å². The van der Waals surface area contributed by atoms with Crippen molar-refractivity contribution in [3.63, 3.8) is 0 Å². The molecule has 0 aliphatic carbocycles. The van der Waals surface area contributed by atoms with E-state index >= 15 is 0 Å². The molecule has 2 heterocycles. The van der Waals surface area contributed by atoms with E-state index in [4.69, 9.17) is 0 Å². The number of hydrogen-bond acceptors (Lipinski definition) is 2. The Bertz CT molecular complexity index is 836. The van der Waals surface area contributed by atoms with Crippen molar-refractivity contribution >= 4 is 27.8 Å². The number of nitrogens with zero attached hydrogens (tertiary/aromatic N) is 1. The Kier molecular flexibility index (Phi) is 4.30. The van der Waals surface area contributed by atoms with Crippen molar-refractivity contribution in [3.05, 3.63) is 70.2 Å². The van der Waals surface area contributed by atoms with Gasteiger partial charge in [0.2, 0.25) is 0 Å². The van der Waals surface area contributed by atoms with Gasteiger partial charge < -0.3 is 9.67 Å². The van der Waals surface area contributed by atoms with E-state index in [-0.39, 0.29) is 0 Å². The molecular weight excluding hydrogens is 290 g/mol. The van der Waals surface area contributed by atoms with Gasteiger partial charge in [-0.15, -0.1) is 17.1 Å². The highest BCUT2D eigenvalue weighted by molar-refractivity contribution is 7.11. The standard InChI is InChI=1S/C19H19NOS/c1-3-20-16-8-5-4-7-15(16)13-17(20)18(21)11-10-14(2)19-9-6-12-22-19/h4-9,11-13,18,21H,3H2,1-2H3. The number of hydrogen-bond donors (Lipinski definition) is 1.